The smallest absolute Gasteiger partial charge is 0.289 e. The third-order valence-electron chi connectivity index (χ3n) is 4.82. The number of hydrogen-bond acceptors (Lipinski definition) is 4. The summed E-state index contributed by atoms with van der Waals surface area (Å²) in [6.45, 7) is 4.92. The molecule has 0 aliphatic carbocycles. The van der Waals surface area contributed by atoms with Crippen molar-refractivity contribution in [3.8, 4) is 0 Å². The number of fused-ring (bicyclic) bond motifs is 2. The van der Waals surface area contributed by atoms with Crippen molar-refractivity contribution in [2.24, 2.45) is 0 Å². The Morgan fingerprint density at radius 2 is 2.00 bits per heavy atom. The fourth-order valence-corrected chi connectivity index (χ4v) is 3.30. The summed E-state index contributed by atoms with van der Waals surface area (Å²) in [5.41, 5.74) is 3.27. The Balaban J connectivity index is 1.54. The van der Waals surface area contributed by atoms with E-state index < -0.39 is 0 Å². The number of imidazole rings is 1. The molecule has 0 fully saturated rings. The number of amides is 1. The van der Waals surface area contributed by atoms with E-state index in [1.54, 1.807) is 29.2 Å². The maximum absolute atomic E-state index is 12.9. The van der Waals surface area contributed by atoms with Crippen LogP contribution in [0.25, 0.3) is 22.0 Å². The molecular formula is C22H21N3O3. The number of para-hydroxylation sites is 1. The van der Waals surface area contributed by atoms with Crippen molar-refractivity contribution < 1.29 is 9.21 Å². The van der Waals surface area contributed by atoms with Crippen molar-refractivity contribution in [3.63, 3.8) is 0 Å². The number of nitrogens with zero attached hydrogens (tertiary/aromatic N) is 2. The molecule has 2 heterocycles. The van der Waals surface area contributed by atoms with Crippen LogP contribution in [-0.2, 0) is 6.42 Å². The summed E-state index contributed by atoms with van der Waals surface area (Å²) in [4.78, 5) is 34.7. The molecule has 2 aromatic heterocycles. The van der Waals surface area contributed by atoms with E-state index in [9.17, 15) is 9.59 Å². The topological polar surface area (TPSA) is 79.2 Å². The van der Waals surface area contributed by atoms with Gasteiger partial charge in [-0.25, -0.2) is 4.98 Å². The van der Waals surface area contributed by atoms with Gasteiger partial charge in [0.1, 0.15) is 11.4 Å². The van der Waals surface area contributed by atoms with Crippen molar-refractivity contribution in [2.45, 2.75) is 20.3 Å². The summed E-state index contributed by atoms with van der Waals surface area (Å²) in [7, 11) is 0. The highest BCUT2D eigenvalue weighted by atomic mass is 16.3. The van der Waals surface area contributed by atoms with Crippen LogP contribution in [0.3, 0.4) is 0 Å². The average molecular weight is 375 g/mol. The van der Waals surface area contributed by atoms with Crippen LogP contribution in [0.1, 0.15) is 28.9 Å². The van der Waals surface area contributed by atoms with Gasteiger partial charge in [-0.05, 0) is 43.7 Å². The third-order valence-corrected chi connectivity index (χ3v) is 4.82. The summed E-state index contributed by atoms with van der Waals surface area (Å²) in [5.74, 6) is 0.593. The lowest BCUT2D eigenvalue weighted by Gasteiger charge is -2.19. The Kier molecular flexibility index (Phi) is 4.69. The second kappa shape index (κ2) is 7.31. The number of H-pyrrole nitrogens is 1. The molecule has 28 heavy (non-hydrogen) atoms. The molecule has 0 saturated carbocycles. The molecule has 1 amide bonds. The molecule has 0 aliphatic heterocycles. The van der Waals surface area contributed by atoms with Gasteiger partial charge in [0, 0.05) is 25.6 Å². The van der Waals surface area contributed by atoms with Gasteiger partial charge in [0.2, 0.25) is 0 Å². The van der Waals surface area contributed by atoms with Crippen molar-refractivity contribution in [1.82, 2.24) is 14.9 Å². The Labute approximate surface area is 161 Å². The van der Waals surface area contributed by atoms with Crippen LogP contribution in [0, 0.1) is 6.92 Å². The lowest BCUT2D eigenvalue weighted by atomic mass is 10.2. The number of hydrogen-bond donors (Lipinski definition) is 1. The van der Waals surface area contributed by atoms with Gasteiger partial charge in [-0.1, -0.05) is 18.2 Å². The van der Waals surface area contributed by atoms with Crippen LogP contribution in [0.4, 0.5) is 0 Å². The molecule has 0 unspecified atom stereocenters. The van der Waals surface area contributed by atoms with Gasteiger partial charge in [0.05, 0.1) is 16.4 Å². The van der Waals surface area contributed by atoms with Crippen LogP contribution in [-0.4, -0.2) is 33.9 Å². The van der Waals surface area contributed by atoms with Crippen LogP contribution < -0.4 is 5.43 Å². The SMILES string of the molecule is CCN(CCc1nc2ccc(C)cc2[nH]1)C(=O)c1cc(=O)c2ccccc2o1. The van der Waals surface area contributed by atoms with Crippen molar-refractivity contribution in [3.05, 3.63) is 75.9 Å². The van der Waals surface area contributed by atoms with E-state index in [-0.39, 0.29) is 17.1 Å². The molecule has 142 valence electrons. The maximum atomic E-state index is 12.9. The molecule has 0 spiro atoms. The van der Waals surface area contributed by atoms with E-state index in [0.29, 0.717) is 30.5 Å². The van der Waals surface area contributed by atoms with Crippen LogP contribution >= 0.6 is 0 Å². The molecule has 0 aliphatic rings. The highest BCUT2D eigenvalue weighted by Crippen LogP contribution is 2.15. The number of aromatic nitrogens is 2. The molecule has 0 bridgehead atoms. The van der Waals surface area contributed by atoms with Gasteiger partial charge in [-0.3, -0.25) is 9.59 Å². The lowest BCUT2D eigenvalue weighted by Crippen LogP contribution is -2.33. The van der Waals surface area contributed by atoms with E-state index in [0.717, 1.165) is 16.9 Å². The lowest BCUT2D eigenvalue weighted by molar-refractivity contribution is 0.0734. The van der Waals surface area contributed by atoms with Crippen molar-refractivity contribution >= 4 is 27.9 Å². The Bertz CT molecular complexity index is 1220. The predicted molar refractivity (Wildman–Crippen MR) is 109 cm³/mol. The maximum Gasteiger partial charge on any atom is 0.289 e. The normalized spacial score (nSPS) is 11.2. The zero-order valence-electron chi connectivity index (χ0n) is 15.9. The highest BCUT2D eigenvalue weighted by molar-refractivity contribution is 5.93. The molecule has 0 saturated heterocycles. The van der Waals surface area contributed by atoms with Gasteiger partial charge >= 0.3 is 0 Å². The number of likely N-dealkylation sites (N-methyl/N-ethyl adjacent to an activating group) is 1. The first-order valence-corrected chi connectivity index (χ1v) is 9.32. The first kappa shape index (κ1) is 18.0. The largest absolute Gasteiger partial charge is 0.451 e. The molecular weight excluding hydrogens is 354 g/mol. The zero-order valence-corrected chi connectivity index (χ0v) is 15.9. The first-order valence-electron chi connectivity index (χ1n) is 9.32. The molecule has 4 aromatic rings. The van der Waals surface area contributed by atoms with E-state index in [1.807, 2.05) is 26.0 Å². The molecule has 6 heteroatoms. The quantitative estimate of drug-likeness (QED) is 0.577. The van der Waals surface area contributed by atoms with Crippen molar-refractivity contribution in [1.29, 1.82) is 0 Å². The summed E-state index contributed by atoms with van der Waals surface area (Å²) in [5, 5.41) is 0.472. The van der Waals surface area contributed by atoms with Crippen molar-refractivity contribution in [2.75, 3.05) is 13.1 Å². The van der Waals surface area contributed by atoms with Crippen LogP contribution in [0.5, 0.6) is 0 Å². The average Bonchev–Trinajstić information content (AvgIpc) is 3.10. The Hall–Kier alpha value is -3.41. The van der Waals surface area contributed by atoms with E-state index in [1.165, 1.54) is 11.6 Å². The van der Waals surface area contributed by atoms with E-state index in [2.05, 4.69) is 16.0 Å². The molecule has 0 radical (unpaired) electrons. The molecule has 6 nitrogen and oxygen atoms in total. The Morgan fingerprint density at radius 1 is 1.18 bits per heavy atom. The number of benzene rings is 2. The third kappa shape index (κ3) is 3.41. The van der Waals surface area contributed by atoms with Crippen LogP contribution in [0.15, 0.2) is 57.7 Å². The van der Waals surface area contributed by atoms with E-state index in [4.69, 9.17) is 4.42 Å². The Morgan fingerprint density at radius 3 is 2.82 bits per heavy atom. The summed E-state index contributed by atoms with van der Waals surface area (Å²) in [6.07, 6.45) is 0.588. The minimum absolute atomic E-state index is 0.0609. The number of carbonyl (C=O) groups excluding carboxylic acids is 1. The summed E-state index contributed by atoms with van der Waals surface area (Å²) < 4.78 is 5.69. The minimum Gasteiger partial charge on any atom is -0.451 e. The zero-order chi connectivity index (χ0) is 19.7. The fourth-order valence-electron chi connectivity index (χ4n) is 3.30. The number of rotatable bonds is 5. The summed E-state index contributed by atoms with van der Waals surface area (Å²) in [6, 6.07) is 14.3. The monoisotopic (exact) mass is 375 g/mol. The van der Waals surface area contributed by atoms with Gasteiger partial charge in [0.25, 0.3) is 5.91 Å². The highest BCUT2D eigenvalue weighted by Gasteiger charge is 2.19. The molecule has 4 rings (SSSR count). The van der Waals surface area contributed by atoms with Gasteiger partial charge in [-0.15, -0.1) is 0 Å². The number of aromatic amines is 1. The van der Waals surface area contributed by atoms with Gasteiger partial charge in [-0.2, -0.15) is 0 Å². The second-order valence-electron chi connectivity index (χ2n) is 6.81. The first-order chi connectivity index (χ1) is 13.5. The van der Waals surface area contributed by atoms with E-state index >= 15 is 0 Å². The van der Waals surface area contributed by atoms with Gasteiger partial charge in [0.15, 0.2) is 11.2 Å². The second-order valence-corrected chi connectivity index (χ2v) is 6.81. The summed E-state index contributed by atoms with van der Waals surface area (Å²) >= 11 is 0. The molecule has 0 atom stereocenters. The van der Waals surface area contributed by atoms with Crippen LogP contribution in [0.2, 0.25) is 0 Å². The molecule has 2 aromatic carbocycles. The standard InChI is InChI=1S/C22H21N3O3/c1-3-25(11-10-21-23-16-9-8-14(2)12-17(16)24-21)22(27)20-13-18(26)15-6-4-5-7-19(15)28-20/h4-9,12-13H,3,10-11H2,1-2H3,(H,23,24). The minimum atomic E-state index is -0.294. The number of aryl methyl sites for hydroxylation is 1. The number of carbonyl (C=O) groups is 1. The number of nitrogens with one attached hydrogen (secondary N) is 1. The fraction of sp³-hybridized carbons (Fsp3) is 0.227. The van der Waals surface area contributed by atoms with Gasteiger partial charge < -0.3 is 14.3 Å². The molecule has 1 N–H and O–H groups in total. The predicted octanol–water partition coefficient (Wildman–Crippen LogP) is 3.68.